The van der Waals surface area contributed by atoms with Gasteiger partial charge in [-0.1, -0.05) is 59.8 Å². The molecule has 7 heteroatoms. The highest BCUT2D eigenvalue weighted by molar-refractivity contribution is 8.15. The van der Waals surface area contributed by atoms with Crippen molar-refractivity contribution in [2.24, 2.45) is 4.99 Å². The monoisotopic (exact) mass is 415 g/mol. The standard InChI is InChI=1S/C21H22ClN3O2S/c1-14-8-9-16(12-17(14)22)24-21-25(2)20(27)18(28-21)13-19(26)23-11-10-15-6-4-3-5-7-15/h3-9,12,18H,10-11,13H2,1-2H3,(H,23,26)/t18-/m0/s1. The Morgan fingerprint density at radius 2 is 2.00 bits per heavy atom. The Bertz CT molecular complexity index is 902. The number of amides is 2. The number of benzene rings is 2. The average Bonchev–Trinajstić information content (AvgIpc) is 2.93. The third-order valence-electron chi connectivity index (χ3n) is 4.47. The van der Waals surface area contributed by atoms with Gasteiger partial charge in [0.05, 0.1) is 5.69 Å². The van der Waals surface area contributed by atoms with Gasteiger partial charge in [0.2, 0.25) is 11.8 Å². The molecule has 0 unspecified atom stereocenters. The molecular weight excluding hydrogens is 394 g/mol. The smallest absolute Gasteiger partial charge is 0.242 e. The van der Waals surface area contributed by atoms with Gasteiger partial charge in [-0.3, -0.25) is 14.5 Å². The van der Waals surface area contributed by atoms with E-state index in [1.807, 2.05) is 49.4 Å². The molecule has 0 bridgehead atoms. The van der Waals surface area contributed by atoms with Crippen LogP contribution < -0.4 is 5.32 Å². The minimum absolute atomic E-state index is 0.111. The Kier molecular flexibility index (Phi) is 6.75. The molecule has 1 aliphatic heterocycles. The SMILES string of the molecule is Cc1ccc(N=C2S[C@@H](CC(=O)NCCc3ccccc3)C(=O)N2C)cc1Cl. The second kappa shape index (κ2) is 9.26. The summed E-state index contributed by atoms with van der Waals surface area (Å²) in [6.07, 6.45) is 0.898. The van der Waals surface area contributed by atoms with Gasteiger partial charge in [-0.15, -0.1) is 0 Å². The van der Waals surface area contributed by atoms with Crippen LogP contribution in [0.2, 0.25) is 5.02 Å². The van der Waals surface area contributed by atoms with Crippen molar-refractivity contribution in [3.05, 3.63) is 64.7 Å². The first kappa shape index (κ1) is 20.4. The van der Waals surface area contributed by atoms with Crippen molar-refractivity contribution < 1.29 is 9.59 Å². The Hall–Kier alpha value is -2.31. The molecule has 28 heavy (non-hydrogen) atoms. The molecule has 0 saturated carbocycles. The number of amidine groups is 1. The van der Waals surface area contributed by atoms with Crippen LogP contribution in [0.5, 0.6) is 0 Å². The number of nitrogens with zero attached hydrogens (tertiary/aromatic N) is 2. The third kappa shape index (κ3) is 5.14. The molecule has 1 heterocycles. The minimum atomic E-state index is -0.457. The van der Waals surface area contributed by atoms with Gasteiger partial charge in [-0.25, -0.2) is 4.99 Å². The van der Waals surface area contributed by atoms with E-state index in [9.17, 15) is 9.59 Å². The minimum Gasteiger partial charge on any atom is -0.356 e. The van der Waals surface area contributed by atoms with E-state index >= 15 is 0 Å². The number of halogens is 1. The number of aliphatic imine (C=N–C) groups is 1. The molecule has 146 valence electrons. The lowest BCUT2D eigenvalue weighted by atomic mass is 10.1. The Balaban J connectivity index is 1.56. The maximum absolute atomic E-state index is 12.5. The van der Waals surface area contributed by atoms with Crippen molar-refractivity contribution >= 4 is 46.0 Å². The van der Waals surface area contributed by atoms with E-state index in [2.05, 4.69) is 10.3 Å². The summed E-state index contributed by atoms with van der Waals surface area (Å²) in [7, 11) is 1.68. The van der Waals surface area contributed by atoms with E-state index in [1.165, 1.54) is 22.2 Å². The first-order chi connectivity index (χ1) is 13.4. The van der Waals surface area contributed by atoms with Crippen LogP contribution in [0.15, 0.2) is 53.5 Å². The molecule has 1 saturated heterocycles. The van der Waals surface area contributed by atoms with E-state index in [4.69, 9.17) is 11.6 Å². The van der Waals surface area contributed by atoms with Gasteiger partial charge in [0.25, 0.3) is 0 Å². The van der Waals surface area contributed by atoms with E-state index < -0.39 is 5.25 Å². The van der Waals surface area contributed by atoms with Crippen molar-refractivity contribution in [3.63, 3.8) is 0 Å². The fourth-order valence-electron chi connectivity index (χ4n) is 2.79. The molecule has 2 amide bonds. The molecule has 2 aromatic carbocycles. The second-order valence-electron chi connectivity index (χ2n) is 6.62. The highest BCUT2D eigenvalue weighted by atomic mass is 35.5. The topological polar surface area (TPSA) is 61.8 Å². The van der Waals surface area contributed by atoms with E-state index in [0.29, 0.717) is 22.4 Å². The number of thioether (sulfide) groups is 1. The molecule has 0 spiro atoms. The van der Waals surface area contributed by atoms with Crippen LogP contribution >= 0.6 is 23.4 Å². The van der Waals surface area contributed by atoms with E-state index in [1.54, 1.807) is 13.1 Å². The van der Waals surface area contributed by atoms with Gasteiger partial charge in [0.1, 0.15) is 5.25 Å². The number of carbonyl (C=O) groups excluding carboxylic acids is 2. The number of hydrogen-bond acceptors (Lipinski definition) is 4. The summed E-state index contributed by atoms with van der Waals surface area (Å²) in [6, 6.07) is 15.5. The summed E-state index contributed by atoms with van der Waals surface area (Å²) in [6.45, 7) is 2.47. The van der Waals surface area contributed by atoms with Crippen LogP contribution in [-0.4, -0.2) is 40.7 Å². The first-order valence-electron chi connectivity index (χ1n) is 9.03. The quantitative estimate of drug-likeness (QED) is 0.776. The van der Waals surface area contributed by atoms with Gasteiger partial charge < -0.3 is 5.32 Å². The van der Waals surface area contributed by atoms with Gasteiger partial charge in [-0.2, -0.15) is 0 Å². The number of rotatable bonds is 6. The van der Waals surface area contributed by atoms with Crippen LogP contribution in [-0.2, 0) is 16.0 Å². The van der Waals surface area contributed by atoms with Crippen LogP contribution in [0, 0.1) is 6.92 Å². The summed E-state index contributed by atoms with van der Waals surface area (Å²) in [4.78, 5) is 30.7. The molecule has 2 aromatic rings. The van der Waals surface area contributed by atoms with Gasteiger partial charge >= 0.3 is 0 Å². The molecule has 1 N–H and O–H groups in total. The zero-order valence-electron chi connectivity index (χ0n) is 15.8. The largest absolute Gasteiger partial charge is 0.356 e. The summed E-state index contributed by atoms with van der Waals surface area (Å²) >= 11 is 7.46. The Labute approximate surface area is 174 Å². The molecular formula is C21H22ClN3O2S. The molecule has 0 radical (unpaired) electrons. The summed E-state index contributed by atoms with van der Waals surface area (Å²) in [5.41, 5.74) is 2.82. The fraction of sp³-hybridized carbons (Fsp3) is 0.286. The van der Waals surface area contributed by atoms with Crippen LogP contribution in [0.1, 0.15) is 17.5 Å². The highest BCUT2D eigenvalue weighted by Crippen LogP contribution is 2.31. The third-order valence-corrected chi connectivity index (χ3v) is 6.11. The van der Waals surface area contributed by atoms with Gasteiger partial charge in [0, 0.05) is 25.0 Å². The molecule has 5 nitrogen and oxygen atoms in total. The van der Waals surface area contributed by atoms with Crippen molar-refractivity contribution in [3.8, 4) is 0 Å². The maximum Gasteiger partial charge on any atom is 0.242 e. The van der Waals surface area contributed by atoms with Gasteiger partial charge in [-0.05, 0) is 36.6 Å². The molecule has 3 rings (SSSR count). The summed E-state index contributed by atoms with van der Waals surface area (Å²) < 4.78 is 0. The molecule has 1 fully saturated rings. The van der Waals surface area contributed by atoms with Gasteiger partial charge in [0.15, 0.2) is 5.17 Å². The zero-order valence-corrected chi connectivity index (χ0v) is 17.4. The highest BCUT2D eigenvalue weighted by Gasteiger charge is 2.36. The molecule has 1 atom stereocenters. The molecule has 0 aromatic heterocycles. The molecule has 1 aliphatic rings. The molecule has 0 aliphatic carbocycles. The summed E-state index contributed by atoms with van der Waals surface area (Å²) in [5, 5.41) is 3.64. The fourth-order valence-corrected chi connectivity index (χ4v) is 4.12. The lowest BCUT2D eigenvalue weighted by Crippen LogP contribution is -2.33. The first-order valence-corrected chi connectivity index (χ1v) is 10.3. The summed E-state index contributed by atoms with van der Waals surface area (Å²) in [5.74, 6) is -0.241. The zero-order chi connectivity index (χ0) is 20.1. The van der Waals surface area contributed by atoms with Crippen LogP contribution in [0.3, 0.4) is 0 Å². The van der Waals surface area contributed by atoms with Crippen molar-refractivity contribution in [1.82, 2.24) is 10.2 Å². The van der Waals surface area contributed by atoms with Crippen molar-refractivity contribution in [2.45, 2.75) is 25.0 Å². The average molecular weight is 416 g/mol. The van der Waals surface area contributed by atoms with E-state index in [0.717, 1.165) is 12.0 Å². The predicted molar refractivity (Wildman–Crippen MR) is 115 cm³/mol. The van der Waals surface area contributed by atoms with Crippen molar-refractivity contribution in [2.75, 3.05) is 13.6 Å². The Morgan fingerprint density at radius 1 is 1.25 bits per heavy atom. The Morgan fingerprint density at radius 3 is 2.71 bits per heavy atom. The number of carbonyl (C=O) groups is 2. The lowest BCUT2D eigenvalue weighted by molar-refractivity contribution is -0.128. The number of aryl methyl sites for hydroxylation is 1. The number of nitrogens with one attached hydrogen (secondary N) is 1. The van der Waals surface area contributed by atoms with Crippen LogP contribution in [0.25, 0.3) is 0 Å². The van der Waals surface area contributed by atoms with Crippen molar-refractivity contribution in [1.29, 1.82) is 0 Å². The lowest BCUT2D eigenvalue weighted by Gasteiger charge is -2.09. The maximum atomic E-state index is 12.5. The van der Waals surface area contributed by atoms with Crippen LogP contribution in [0.4, 0.5) is 5.69 Å². The van der Waals surface area contributed by atoms with E-state index in [-0.39, 0.29) is 18.2 Å². The predicted octanol–water partition coefficient (Wildman–Crippen LogP) is 3.96. The normalized spacial score (nSPS) is 18.0. The number of hydrogen-bond donors (Lipinski definition) is 1. The second-order valence-corrected chi connectivity index (χ2v) is 8.20.